The minimum absolute atomic E-state index is 0.147. The Kier molecular flexibility index (Phi) is 4.97. The summed E-state index contributed by atoms with van der Waals surface area (Å²) in [4.78, 5) is 26.8. The number of carbonyl (C=O) groups excluding carboxylic acids is 2. The van der Waals surface area contributed by atoms with Gasteiger partial charge in [0, 0.05) is 12.0 Å². The molecule has 0 fully saturated rings. The molecule has 0 spiro atoms. The summed E-state index contributed by atoms with van der Waals surface area (Å²) in [6.45, 7) is 7.90. The minimum atomic E-state index is -0.687. The highest BCUT2D eigenvalue weighted by atomic mass is 16.3. The van der Waals surface area contributed by atoms with Crippen LogP contribution in [0, 0.1) is 5.41 Å². The third-order valence-corrected chi connectivity index (χ3v) is 4.04. The standard InChI is InChI=1S/C18H25NO4/c1-5-6-7-10-19-14(12-9-8-11-23-12)13(15(20)17(19)22)16(21)18(2,3)4/h8-9,11,14,20H,5-7,10H2,1-4H3. The third kappa shape index (κ3) is 3.33. The number of hydrogen-bond donors (Lipinski definition) is 1. The summed E-state index contributed by atoms with van der Waals surface area (Å²) >= 11 is 0. The van der Waals surface area contributed by atoms with E-state index >= 15 is 0 Å². The predicted molar refractivity (Wildman–Crippen MR) is 86.8 cm³/mol. The molecule has 0 aliphatic carbocycles. The molecule has 1 aliphatic heterocycles. The smallest absolute Gasteiger partial charge is 0.290 e. The first-order chi connectivity index (χ1) is 10.8. The minimum Gasteiger partial charge on any atom is -0.503 e. The van der Waals surface area contributed by atoms with Crippen molar-refractivity contribution < 1.29 is 19.1 Å². The van der Waals surface area contributed by atoms with Crippen molar-refractivity contribution in [3.63, 3.8) is 0 Å². The largest absolute Gasteiger partial charge is 0.503 e. The molecular weight excluding hydrogens is 294 g/mol. The van der Waals surface area contributed by atoms with Crippen LogP contribution in [0.25, 0.3) is 0 Å². The average Bonchev–Trinajstić information content (AvgIpc) is 3.07. The van der Waals surface area contributed by atoms with Crippen molar-refractivity contribution in [1.29, 1.82) is 0 Å². The molecule has 5 heteroatoms. The Hall–Kier alpha value is -2.04. The zero-order valence-corrected chi connectivity index (χ0v) is 14.3. The van der Waals surface area contributed by atoms with Crippen molar-refractivity contribution in [3.8, 4) is 0 Å². The number of nitrogens with zero attached hydrogens (tertiary/aromatic N) is 1. The third-order valence-electron chi connectivity index (χ3n) is 4.04. The second-order valence-corrected chi connectivity index (χ2v) is 6.97. The van der Waals surface area contributed by atoms with Gasteiger partial charge in [0.1, 0.15) is 11.8 Å². The molecule has 0 saturated heterocycles. The summed E-state index contributed by atoms with van der Waals surface area (Å²) in [5, 5.41) is 10.3. The first-order valence-corrected chi connectivity index (χ1v) is 8.11. The summed E-state index contributed by atoms with van der Waals surface area (Å²) in [5.74, 6) is -0.660. The number of unbranched alkanes of at least 4 members (excludes halogenated alkanes) is 2. The molecule has 2 heterocycles. The van der Waals surface area contributed by atoms with Crippen LogP contribution in [0.1, 0.15) is 58.8 Å². The molecule has 1 aromatic heterocycles. The fourth-order valence-corrected chi connectivity index (χ4v) is 2.80. The van der Waals surface area contributed by atoms with Crippen molar-refractivity contribution in [2.24, 2.45) is 5.41 Å². The van der Waals surface area contributed by atoms with Crippen LogP contribution < -0.4 is 0 Å². The lowest BCUT2D eigenvalue weighted by Gasteiger charge is -2.27. The van der Waals surface area contributed by atoms with E-state index < -0.39 is 23.1 Å². The topological polar surface area (TPSA) is 70.8 Å². The maximum absolute atomic E-state index is 12.8. The molecule has 1 unspecified atom stereocenters. The van der Waals surface area contributed by atoms with Gasteiger partial charge in [-0.05, 0) is 18.6 Å². The second-order valence-electron chi connectivity index (χ2n) is 6.97. The molecule has 0 bridgehead atoms. The molecule has 1 amide bonds. The van der Waals surface area contributed by atoms with Crippen molar-refractivity contribution in [2.45, 2.75) is 53.0 Å². The van der Waals surface area contributed by atoms with E-state index in [-0.39, 0.29) is 11.4 Å². The summed E-state index contributed by atoms with van der Waals surface area (Å²) in [7, 11) is 0. The maximum atomic E-state index is 12.8. The number of ketones is 1. The van der Waals surface area contributed by atoms with Gasteiger partial charge in [0.25, 0.3) is 5.91 Å². The highest BCUT2D eigenvalue weighted by Gasteiger charge is 2.46. The molecule has 5 nitrogen and oxygen atoms in total. The van der Waals surface area contributed by atoms with Crippen molar-refractivity contribution in [2.75, 3.05) is 6.54 Å². The van der Waals surface area contributed by atoms with Crippen LogP contribution in [0.5, 0.6) is 0 Å². The van der Waals surface area contributed by atoms with Gasteiger partial charge < -0.3 is 14.4 Å². The normalized spacial score (nSPS) is 18.9. The predicted octanol–water partition coefficient (Wildman–Crippen LogP) is 3.78. The molecule has 1 aromatic rings. The first kappa shape index (κ1) is 17.3. The molecule has 126 valence electrons. The van der Waals surface area contributed by atoms with Gasteiger partial charge in [0.05, 0.1) is 11.8 Å². The Balaban J connectivity index is 2.41. The van der Waals surface area contributed by atoms with Crippen molar-refractivity contribution in [1.82, 2.24) is 4.90 Å². The van der Waals surface area contributed by atoms with Crippen LogP contribution in [0.3, 0.4) is 0 Å². The van der Waals surface area contributed by atoms with Gasteiger partial charge in [-0.3, -0.25) is 9.59 Å². The Morgan fingerprint density at radius 3 is 2.57 bits per heavy atom. The lowest BCUT2D eigenvalue weighted by atomic mass is 9.83. The number of furan rings is 1. The summed E-state index contributed by atoms with van der Waals surface area (Å²) in [5.41, 5.74) is -0.539. The van der Waals surface area contributed by atoms with E-state index in [1.165, 1.54) is 6.26 Å². The Morgan fingerprint density at radius 1 is 1.35 bits per heavy atom. The highest BCUT2D eigenvalue weighted by molar-refractivity contribution is 6.10. The van der Waals surface area contributed by atoms with Gasteiger partial charge in [-0.1, -0.05) is 40.5 Å². The van der Waals surface area contributed by atoms with Crippen molar-refractivity contribution >= 4 is 11.7 Å². The lowest BCUT2D eigenvalue weighted by Crippen LogP contribution is -2.33. The number of rotatable bonds is 6. The molecule has 23 heavy (non-hydrogen) atoms. The second kappa shape index (κ2) is 6.60. The molecule has 0 saturated carbocycles. The number of aliphatic hydroxyl groups excluding tert-OH is 1. The number of carbonyl (C=O) groups is 2. The van der Waals surface area contributed by atoms with Gasteiger partial charge in [-0.2, -0.15) is 0 Å². The number of aliphatic hydroxyl groups is 1. The Morgan fingerprint density at radius 2 is 2.04 bits per heavy atom. The van der Waals surface area contributed by atoms with E-state index in [1.807, 2.05) is 0 Å². The summed E-state index contributed by atoms with van der Waals surface area (Å²) in [6.07, 6.45) is 4.35. The van der Waals surface area contributed by atoms with E-state index in [1.54, 1.807) is 37.8 Å². The van der Waals surface area contributed by atoms with Gasteiger partial charge in [0.2, 0.25) is 0 Å². The van der Waals surface area contributed by atoms with Crippen LogP contribution in [-0.2, 0) is 9.59 Å². The zero-order chi connectivity index (χ0) is 17.2. The molecule has 0 radical (unpaired) electrons. The Labute approximate surface area is 137 Å². The molecule has 2 rings (SSSR count). The number of Topliss-reactive ketones (excluding diaryl/α,β-unsaturated/α-hetero) is 1. The molecule has 0 aromatic carbocycles. The highest BCUT2D eigenvalue weighted by Crippen LogP contribution is 2.41. The van der Waals surface area contributed by atoms with Gasteiger partial charge in [-0.15, -0.1) is 0 Å². The van der Waals surface area contributed by atoms with Crippen LogP contribution in [0.4, 0.5) is 0 Å². The van der Waals surface area contributed by atoms with Crippen molar-refractivity contribution in [3.05, 3.63) is 35.5 Å². The van der Waals surface area contributed by atoms with Gasteiger partial charge >= 0.3 is 0 Å². The molecule has 1 atom stereocenters. The first-order valence-electron chi connectivity index (χ1n) is 8.11. The van der Waals surface area contributed by atoms with Crippen LogP contribution in [0.2, 0.25) is 0 Å². The fourth-order valence-electron chi connectivity index (χ4n) is 2.80. The van der Waals surface area contributed by atoms with E-state index in [0.717, 1.165) is 19.3 Å². The van der Waals surface area contributed by atoms with Gasteiger partial charge in [0.15, 0.2) is 11.5 Å². The molecule has 1 N–H and O–H groups in total. The van der Waals surface area contributed by atoms with E-state index in [2.05, 4.69) is 6.92 Å². The van der Waals surface area contributed by atoms with Crippen LogP contribution in [-0.4, -0.2) is 28.2 Å². The van der Waals surface area contributed by atoms with Crippen LogP contribution >= 0.6 is 0 Å². The quantitative estimate of drug-likeness (QED) is 0.810. The van der Waals surface area contributed by atoms with E-state index in [0.29, 0.717) is 12.3 Å². The SMILES string of the molecule is CCCCCN1C(=O)C(O)=C(C(=O)C(C)(C)C)C1c1ccco1. The lowest BCUT2D eigenvalue weighted by molar-refractivity contribution is -0.129. The monoisotopic (exact) mass is 319 g/mol. The Bertz CT molecular complexity index is 607. The zero-order valence-electron chi connectivity index (χ0n) is 14.3. The van der Waals surface area contributed by atoms with E-state index in [4.69, 9.17) is 4.42 Å². The average molecular weight is 319 g/mol. The number of amides is 1. The van der Waals surface area contributed by atoms with E-state index in [9.17, 15) is 14.7 Å². The summed E-state index contributed by atoms with van der Waals surface area (Å²) < 4.78 is 5.45. The summed E-state index contributed by atoms with van der Waals surface area (Å²) in [6, 6.07) is 2.82. The molecular formula is C18H25NO4. The number of hydrogen-bond acceptors (Lipinski definition) is 4. The van der Waals surface area contributed by atoms with Crippen LogP contribution in [0.15, 0.2) is 34.1 Å². The fraction of sp³-hybridized carbons (Fsp3) is 0.556. The molecule has 1 aliphatic rings. The maximum Gasteiger partial charge on any atom is 0.290 e. The van der Waals surface area contributed by atoms with Gasteiger partial charge in [-0.25, -0.2) is 0 Å².